The SMILES string of the molecule is Cc1cnc(-c2cccc(-c3ccccc3)c2)[nH]1. The second-order valence-electron chi connectivity index (χ2n) is 4.36. The number of aromatic amines is 1. The zero-order valence-electron chi connectivity index (χ0n) is 10.2. The third-order valence-electron chi connectivity index (χ3n) is 2.95. The van der Waals surface area contributed by atoms with Gasteiger partial charge in [0.1, 0.15) is 5.82 Å². The molecule has 0 amide bonds. The van der Waals surface area contributed by atoms with Crippen LogP contribution in [0.4, 0.5) is 0 Å². The number of H-pyrrole nitrogens is 1. The number of imidazole rings is 1. The van der Waals surface area contributed by atoms with Gasteiger partial charge in [0.2, 0.25) is 0 Å². The molecule has 0 spiro atoms. The number of hydrogen-bond donors (Lipinski definition) is 1. The minimum absolute atomic E-state index is 0.922. The number of aromatic nitrogens is 2. The van der Waals surface area contributed by atoms with Gasteiger partial charge in [-0.1, -0.05) is 48.5 Å². The maximum Gasteiger partial charge on any atom is 0.137 e. The summed E-state index contributed by atoms with van der Waals surface area (Å²) in [4.78, 5) is 7.63. The maximum atomic E-state index is 4.37. The van der Waals surface area contributed by atoms with Gasteiger partial charge >= 0.3 is 0 Å². The Balaban J connectivity index is 2.05. The summed E-state index contributed by atoms with van der Waals surface area (Å²) in [6.07, 6.45) is 1.85. The molecule has 1 N–H and O–H groups in total. The van der Waals surface area contributed by atoms with E-state index in [1.807, 2.05) is 19.2 Å². The highest BCUT2D eigenvalue weighted by Gasteiger charge is 2.03. The van der Waals surface area contributed by atoms with E-state index >= 15 is 0 Å². The summed E-state index contributed by atoms with van der Waals surface area (Å²) in [5.74, 6) is 0.922. The van der Waals surface area contributed by atoms with Crippen molar-refractivity contribution in [2.75, 3.05) is 0 Å². The fourth-order valence-electron chi connectivity index (χ4n) is 2.04. The van der Waals surface area contributed by atoms with Gasteiger partial charge in [-0.15, -0.1) is 0 Å². The van der Waals surface area contributed by atoms with Gasteiger partial charge in [-0.2, -0.15) is 0 Å². The quantitative estimate of drug-likeness (QED) is 0.712. The number of nitrogens with zero attached hydrogens (tertiary/aromatic N) is 1. The Kier molecular flexibility index (Phi) is 2.69. The van der Waals surface area contributed by atoms with Crippen LogP contribution < -0.4 is 0 Å². The summed E-state index contributed by atoms with van der Waals surface area (Å²) in [5.41, 5.74) is 4.63. The van der Waals surface area contributed by atoms with Crippen LogP contribution in [-0.2, 0) is 0 Å². The van der Waals surface area contributed by atoms with E-state index in [4.69, 9.17) is 0 Å². The zero-order chi connectivity index (χ0) is 12.4. The number of hydrogen-bond acceptors (Lipinski definition) is 1. The molecule has 1 aromatic heterocycles. The van der Waals surface area contributed by atoms with E-state index in [-0.39, 0.29) is 0 Å². The Labute approximate surface area is 106 Å². The molecular weight excluding hydrogens is 220 g/mol. The molecule has 0 atom stereocenters. The molecule has 0 bridgehead atoms. The first-order valence-electron chi connectivity index (χ1n) is 6.00. The molecule has 0 fully saturated rings. The van der Waals surface area contributed by atoms with E-state index < -0.39 is 0 Å². The topological polar surface area (TPSA) is 28.7 Å². The Morgan fingerprint density at radius 1 is 0.833 bits per heavy atom. The van der Waals surface area contributed by atoms with Gasteiger partial charge in [0.05, 0.1) is 0 Å². The predicted molar refractivity (Wildman–Crippen MR) is 74.2 cm³/mol. The Morgan fingerprint density at radius 2 is 1.56 bits per heavy atom. The van der Waals surface area contributed by atoms with Crippen molar-refractivity contribution in [1.29, 1.82) is 0 Å². The number of aryl methyl sites for hydroxylation is 1. The molecule has 0 saturated carbocycles. The van der Waals surface area contributed by atoms with Crippen molar-refractivity contribution in [2.24, 2.45) is 0 Å². The van der Waals surface area contributed by atoms with Crippen molar-refractivity contribution < 1.29 is 0 Å². The number of benzene rings is 2. The lowest BCUT2D eigenvalue weighted by Crippen LogP contribution is -1.83. The molecule has 2 heteroatoms. The largest absolute Gasteiger partial charge is 0.342 e. The first-order valence-corrected chi connectivity index (χ1v) is 6.00. The molecule has 0 radical (unpaired) electrons. The first kappa shape index (κ1) is 10.8. The van der Waals surface area contributed by atoms with Crippen LogP contribution in [0, 0.1) is 6.92 Å². The second kappa shape index (κ2) is 4.49. The molecule has 0 unspecified atom stereocenters. The first-order chi connectivity index (χ1) is 8.83. The van der Waals surface area contributed by atoms with E-state index in [1.54, 1.807) is 0 Å². The van der Waals surface area contributed by atoms with Gasteiger partial charge in [0.25, 0.3) is 0 Å². The van der Waals surface area contributed by atoms with E-state index in [2.05, 4.69) is 58.5 Å². The summed E-state index contributed by atoms with van der Waals surface area (Å²) in [7, 11) is 0. The summed E-state index contributed by atoms with van der Waals surface area (Å²) < 4.78 is 0. The second-order valence-corrected chi connectivity index (χ2v) is 4.36. The van der Waals surface area contributed by atoms with Crippen molar-refractivity contribution in [2.45, 2.75) is 6.92 Å². The standard InChI is InChI=1S/C16H14N2/c1-12-11-17-16(18-12)15-9-5-8-14(10-15)13-6-3-2-4-7-13/h2-11H,1H3,(H,17,18). The van der Waals surface area contributed by atoms with Crippen LogP contribution in [-0.4, -0.2) is 9.97 Å². The monoisotopic (exact) mass is 234 g/mol. The lowest BCUT2D eigenvalue weighted by molar-refractivity contribution is 1.26. The fourth-order valence-corrected chi connectivity index (χ4v) is 2.04. The molecule has 88 valence electrons. The van der Waals surface area contributed by atoms with Crippen LogP contribution in [0.25, 0.3) is 22.5 Å². The van der Waals surface area contributed by atoms with Crippen LogP contribution in [0.1, 0.15) is 5.69 Å². The molecular formula is C16H14N2. The molecule has 18 heavy (non-hydrogen) atoms. The van der Waals surface area contributed by atoms with Gasteiger partial charge in [-0.25, -0.2) is 4.98 Å². The summed E-state index contributed by atoms with van der Waals surface area (Å²) in [6, 6.07) is 18.8. The average molecular weight is 234 g/mol. The zero-order valence-corrected chi connectivity index (χ0v) is 10.2. The van der Waals surface area contributed by atoms with Crippen LogP contribution in [0.5, 0.6) is 0 Å². The van der Waals surface area contributed by atoms with Crippen LogP contribution in [0.15, 0.2) is 60.8 Å². The lowest BCUT2D eigenvalue weighted by atomic mass is 10.0. The Hall–Kier alpha value is -2.35. The Morgan fingerprint density at radius 3 is 2.28 bits per heavy atom. The molecule has 2 nitrogen and oxygen atoms in total. The van der Waals surface area contributed by atoms with Crippen molar-refractivity contribution in [1.82, 2.24) is 9.97 Å². The highest BCUT2D eigenvalue weighted by Crippen LogP contribution is 2.24. The van der Waals surface area contributed by atoms with Gasteiger partial charge in [-0.05, 0) is 24.1 Å². The lowest BCUT2D eigenvalue weighted by Gasteiger charge is -2.03. The molecule has 0 aliphatic heterocycles. The van der Waals surface area contributed by atoms with E-state index in [0.29, 0.717) is 0 Å². The van der Waals surface area contributed by atoms with Crippen molar-refractivity contribution in [3.63, 3.8) is 0 Å². The molecule has 0 aliphatic carbocycles. The number of rotatable bonds is 2. The number of nitrogens with one attached hydrogen (secondary N) is 1. The van der Waals surface area contributed by atoms with Gasteiger partial charge < -0.3 is 4.98 Å². The molecule has 1 heterocycles. The van der Waals surface area contributed by atoms with Crippen LogP contribution in [0.3, 0.4) is 0 Å². The van der Waals surface area contributed by atoms with Gasteiger partial charge in [-0.3, -0.25) is 0 Å². The van der Waals surface area contributed by atoms with Crippen molar-refractivity contribution in [3.05, 3.63) is 66.5 Å². The minimum atomic E-state index is 0.922. The predicted octanol–water partition coefficient (Wildman–Crippen LogP) is 4.05. The van der Waals surface area contributed by atoms with E-state index in [1.165, 1.54) is 11.1 Å². The molecule has 3 aromatic rings. The average Bonchev–Trinajstić information content (AvgIpc) is 2.87. The van der Waals surface area contributed by atoms with Crippen LogP contribution >= 0.6 is 0 Å². The molecule has 2 aromatic carbocycles. The highest BCUT2D eigenvalue weighted by atomic mass is 14.9. The van der Waals surface area contributed by atoms with Crippen LogP contribution in [0.2, 0.25) is 0 Å². The smallest absolute Gasteiger partial charge is 0.137 e. The van der Waals surface area contributed by atoms with Gasteiger partial charge in [0.15, 0.2) is 0 Å². The molecule has 0 aliphatic rings. The van der Waals surface area contributed by atoms with Gasteiger partial charge in [0, 0.05) is 17.5 Å². The maximum absolute atomic E-state index is 4.37. The Bertz CT molecular complexity index is 654. The van der Waals surface area contributed by atoms with E-state index in [0.717, 1.165) is 17.1 Å². The highest BCUT2D eigenvalue weighted by molar-refractivity contribution is 5.70. The third-order valence-corrected chi connectivity index (χ3v) is 2.95. The third kappa shape index (κ3) is 2.05. The molecule has 0 saturated heterocycles. The minimum Gasteiger partial charge on any atom is -0.342 e. The van der Waals surface area contributed by atoms with E-state index in [9.17, 15) is 0 Å². The summed E-state index contributed by atoms with van der Waals surface area (Å²) >= 11 is 0. The summed E-state index contributed by atoms with van der Waals surface area (Å²) in [6.45, 7) is 2.01. The normalized spacial score (nSPS) is 10.5. The van der Waals surface area contributed by atoms with Crippen molar-refractivity contribution in [3.8, 4) is 22.5 Å². The fraction of sp³-hybridized carbons (Fsp3) is 0.0625. The molecule has 3 rings (SSSR count). The summed E-state index contributed by atoms with van der Waals surface area (Å²) in [5, 5.41) is 0. The van der Waals surface area contributed by atoms with Crippen molar-refractivity contribution >= 4 is 0 Å².